The van der Waals surface area contributed by atoms with Crippen LogP contribution < -0.4 is 0 Å². The molecule has 0 amide bonds. The van der Waals surface area contributed by atoms with Gasteiger partial charge in [0.1, 0.15) is 12.2 Å². The summed E-state index contributed by atoms with van der Waals surface area (Å²) in [6, 6.07) is 0. The van der Waals surface area contributed by atoms with Crippen LogP contribution >= 0.6 is 0 Å². The van der Waals surface area contributed by atoms with Crippen LogP contribution in [-0.4, -0.2) is 48.4 Å². The molecule has 4 rings (SSSR count). The summed E-state index contributed by atoms with van der Waals surface area (Å²) in [4.78, 5) is 37.1. The molecule has 4 aliphatic rings. The van der Waals surface area contributed by atoms with Gasteiger partial charge in [-0.25, -0.2) is 4.79 Å². The van der Waals surface area contributed by atoms with Crippen molar-refractivity contribution < 1.29 is 33.7 Å². The highest BCUT2D eigenvalue weighted by atomic mass is 16.6. The first-order valence-corrected chi connectivity index (χ1v) is 9.23. The molecule has 1 saturated carbocycles. The fourth-order valence-corrected chi connectivity index (χ4v) is 5.79. The van der Waals surface area contributed by atoms with Gasteiger partial charge in [-0.3, -0.25) is 9.59 Å². The van der Waals surface area contributed by atoms with Crippen LogP contribution in [0.25, 0.3) is 0 Å². The van der Waals surface area contributed by atoms with Gasteiger partial charge >= 0.3 is 17.9 Å². The standard InChI is InChI=1S/C20H24O7/c1-9(17(23)25-4)15-11-5-13-16-19(2,12(11)6-14(22)27-15)7-10(21)8-20(16,3)18(24)26-13/h5-6,9-10,13,15-16,21H,7-8H2,1-4H3. The van der Waals surface area contributed by atoms with E-state index >= 15 is 0 Å². The van der Waals surface area contributed by atoms with Crippen molar-refractivity contribution in [2.75, 3.05) is 7.11 Å². The lowest BCUT2D eigenvalue weighted by Crippen LogP contribution is -2.55. The second-order valence-electron chi connectivity index (χ2n) is 8.59. The summed E-state index contributed by atoms with van der Waals surface area (Å²) in [6.45, 7) is 5.43. The molecule has 1 saturated heterocycles. The lowest BCUT2D eigenvalue weighted by atomic mass is 9.49. The minimum absolute atomic E-state index is 0.184. The molecular formula is C20H24O7. The Morgan fingerprint density at radius 1 is 1.26 bits per heavy atom. The Hall–Kier alpha value is -2.15. The van der Waals surface area contributed by atoms with Crippen molar-refractivity contribution in [2.24, 2.45) is 22.7 Å². The molecular weight excluding hydrogens is 352 g/mol. The smallest absolute Gasteiger partial charge is 0.331 e. The van der Waals surface area contributed by atoms with Gasteiger partial charge in [-0.05, 0) is 43.9 Å². The summed E-state index contributed by atoms with van der Waals surface area (Å²) >= 11 is 0. The molecule has 2 aliphatic carbocycles. The Balaban J connectivity index is 1.87. The van der Waals surface area contributed by atoms with E-state index < -0.39 is 47.0 Å². The van der Waals surface area contributed by atoms with E-state index in [1.54, 1.807) is 6.92 Å². The lowest BCUT2D eigenvalue weighted by Gasteiger charge is -2.54. The maximum atomic E-state index is 12.6. The van der Waals surface area contributed by atoms with E-state index in [1.165, 1.54) is 13.2 Å². The quantitative estimate of drug-likeness (QED) is 0.573. The second-order valence-corrected chi connectivity index (χ2v) is 8.59. The van der Waals surface area contributed by atoms with Crippen LogP contribution in [0.3, 0.4) is 0 Å². The monoisotopic (exact) mass is 376 g/mol. The van der Waals surface area contributed by atoms with E-state index in [-0.39, 0.29) is 11.9 Å². The highest BCUT2D eigenvalue weighted by Crippen LogP contribution is 2.64. The zero-order valence-corrected chi connectivity index (χ0v) is 15.9. The van der Waals surface area contributed by atoms with Crippen molar-refractivity contribution in [1.29, 1.82) is 0 Å². The zero-order chi connectivity index (χ0) is 19.7. The van der Waals surface area contributed by atoms with Crippen LogP contribution in [0.2, 0.25) is 0 Å². The van der Waals surface area contributed by atoms with Crippen molar-refractivity contribution in [3.8, 4) is 0 Å². The van der Waals surface area contributed by atoms with Crippen molar-refractivity contribution in [3.05, 3.63) is 23.3 Å². The molecule has 2 aliphatic heterocycles. The third kappa shape index (κ3) is 2.33. The molecule has 7 nitrogen and oxygen atoms in total. The van der Waals surface area contributed by atoms with Gasteiger partial charge in [-0.1, -0.05) is 6.92 Å². The van der Waals surface area contributed by atoms with E-state index in [0.29, 0.717) is 18.4 Å². The van der Waals surface area contributed by atoms with Crippen molar-refractivity contribution >= 4 is 17.9 Å². The summed E-state index contributed by atoms with van der Waals surface area (Å²) in [7, 11) is 1.29. The molecule has 7 unspecified atom stereocenters. The zero-order valence-electron chi connectivity index (χ0n) is 15.9. The first-order valence-electron chi connectivity index (χ1n) is 9.23. The maximum Gasteiger partial charge on any atom is 0.331 e. The lowest BCUT2D eigenvalue weighted by molar-refractivity contribution is -0.155. The molecule has 146 valence electrons. The van der Waals surface area contributed by atoms with Gasteiger partial charge in [0.2, 0.25) is 0 Å². The average molecular weight is 376 g/mol. The van der Waals surface area contributed by atoms with Crippen LogP contribution in [0.1, 0.15) is 33.6 Å². The number of fused-ring (bicyclic) bond motifs is 2. The average Bonchev–Trinajstić information content (AvgIpc) is 2.84. The number of carbonyl (C=O) groups is 3. The van der Waals surface area contributed by atoms with E-state index in [9.17, 15) is 19.5 Å². The fraction of sp³-hybridized carbons (Fsp3) is 0.650. The molecule has 0 radical (unpaired) electrons. The summed E-state index contributed by atoms with van der Waals surface area (Å²) < 4.78 is 16.0. The first-order chi connectivity index (χ1) is 12.6. The highest BCUT2D eigenvalue weighted by molar-refractivity contribution is 5.89. The number of aliphatic hydroxyl groups is 1. The van der Waals surface area contributed by atoms with Gasteiger partial charge in [0.25, 0.3) is 0 Å². The third-order valence-electron chi connectivity index (χ3n) is 6.84. The minimum atomic E-state index is -0.815. The molecule has 2 heterocycles. The number of cyclic esters (lactones) is 1. The molecule has 0 aromatic carbocycles. The highest BCUT2D eigenvalue weighted by Gasteiger charge is 2.67. The molecule has 7 atom stereocenters. The fourth-order valence-electron chi connectivity index (χ4n) is 5.79. The number of ether oxygens (including phenoxy) is 3. The van der Waals surface area contributed by atoms with Crippen molar-refractivity contribution in [2.45, 2.75) is 51.9 Å². The van der Waals surface area contributed by atoms with Gasteiger partial charge < -0.3 is 19.3 Å². The Morgan fingerprint density at radius 3 is 2.59 bits per heavy atom. The molecule has 0 aromatic rings. The normalized spacial score (nSPS) is 43.4. The topological polar surface area (TPSA) is 99.1 Å². The van der Waals surface area contributed by atoms with Gasteiger partial charge in [0, 0.05) is 17.4 Å². The van der Waals surface area contributed by atoms with E-state index in [0.717, 1.165) is 5.57 Å². The molecule has 2 fully saturated rings. The van der Waals surface area contributed by atoms with Gasteiger partial charge in [-0.15, -0.1) is 0 Å². The van der Waals surface area contributed by atoms with Crippen molar-refractivity contribution in [1.82, 2.24) is 0 Å². The number of hydrogen-bond acceptors (Lipinski definition) is 7. The number of hydrogen-bond donors (Lipinski definition) is 1. The van der Waals surface area contributed by atoms with Crippen LogP contribution in [0.15, 0.2) is 23.3 Å². The van der Waals surface area contributed by atoms with Crippen LogP contribution in [0, 0.1) is 22.7 Å². The SMILES string of the molecule is COC(=O)C(C)C1OC(=O)C=C2C1=CC1OC(=O)C3(C)CC(O)CC2(C)C13. The van der Waals surface area contributed by atoms with E-state index in [1.807, 2.05) is 19.9 Å². The van der Waals surface area contributed by atoms with E-state index in [2.05, 4.69) is 0 Å². The van der Waals surface area contributed by atoms with E-state index in [4.69, 9.17) is 14.2 Å². The number of carbonyl (C=O) groups excluding carboxylic acids is 3. The molecule has 0 aromatic heterocycles. The predicted molar refractivity (Wildman–Crippen MR) is 92.1 cm³/mol. The number of aliphatic hydroxyl groups excluding tert-OH is 1. The molecule has 0 bridgehead atoms. The largest absolute Gasteiger partial charge is 0.469 e. The number of methoxy groups -OCH3 is 1. The molecule has 1 N–H and O–H groups in total. The predicted octanol–water partition coefficient (Wildman–Crippen LogP) is 1.30. The van der Waals surface area contributed by atoms with Gasteiger partial charge in [0.15, 0.2) is 0 Å². The minimum Gasteiger partial charge on any atom is -0.469 e. The van der Waals surface area contributed by atoms with Gasteiger partial charge in [0.05, 0.1) is 24.5 Å². The summed E-state index contributed by atoms with van der Waals surface area (Å²) in [5, 5.41) is 10.5. The summed E-state index contributed by atoms with van der Waals surface area (Å²) in [5.41, 5.74) is -0.0579. The number of rotatable bonds is 2. The van der Waals surface area contributed by atoms with Crippen molar-refractivity contribution in [3.63, 3.8) is 0 Å². The Kier molecular flexibility index (Phi) is 3.83. The van der Waals surface area contributed by atoms with Crippen LogP contribution in [-0.2, 0) is 28.6 Å². The Bertz CT molecular complexity index is 796. The maximum absolute atomic E-state index is 12.6. The molecule has 7 heteroatoms. The second kappa shape index (κ2) is 5.67. The van der Waals surface area contributed by atoms with Crippen LogP contribution in [0.4, 0.5) is 0 Å². The molecule has 27 heavy (non-hydrogen) atoms. The first kappa shape index (κ1) is 18.2. The third-order valence-corrected chi connectivity index (χ3v) is 6.84. The van der Waals surface area contributed by atoms with Gasteiger partial charge in [-0.2, -0.15) is 0 Å². The summed E-state index contributed by atoms with van der Waals surface area (Å²) in [6.07, 6.45) is 2.03. The Labute approximate surface area is 157 Å². The Morgan fingerprint density at radius 2 is 1.93 bits per heavy atom. The van der Waals surface area contributed by atoms with Crippen LogP contribution in [0.5, 0.6) is 0 Å². The number of esters is 3. The molecule has 0 spiro atoms. The summed E-state index contributed by atoms with van der Waals surface area (Å²) in [5.74, 6) is -2.24.